The average Bonchev–Trinajstić information content (AvgIpc) is 2.21. The standard InChI is InChI=1S/C9H22N2O3S/c1-3-4-5-9(8-10)11-15(12,13)7-6-14-2/h9,11H,3-8,10H2,1-2H3. The molecule has 0 aliphatic heterocycles. The Morgan fingerprint density at radius 1 is 1.47 bits per heavy atom. The quantitative estimate of drug-likeness (QED) is 0.595. The second-order valence-electron chi connectivity index (χ2n) is 3.50. The lowest BCUT2D eigenvalue weighted by Crippen LogP contribution is -2.41. The molecule has 0 saturated carbocycles. The summed E-state index contributed by atoms with van der Waals surface area (Å²) in [6, 6.07) is -0.146. The van der Waals surface area contributed by atoms with Crippen molar-refractivity contribution < 1.29 is 13.2 Å². The molecule has 0 aromatic heterocycles. The van der Waals surface area contributed by atoms with E-state index in [2.05, 4.69) is 11.6 Å². The molecule has 0 aliphatic carbocycles. The molecule has 5 nitrogen and oxygen atoms in total. The van der Waals surface area contributed by atoms with Crippen molar-refractivity contribution in [2.45, 2.75) is 32.2 Å². The highest BCUT2D eigenvalue weighted by atomic mass is 32.2. The second-order valence-corrected chi connectivity index (χ2v) is 5.38. The van der Waals surface area contributed by atoms with E-state index < -0.39 is 10.0 Å². The molecule has 92 valence electrons. The summed E-state index contributed by atoms with van der Waals surface area (Å²) in [4.78, 5) is 0. The maximum atomic E-state index is 11.5. The van der Waals surface area contributed by atoms with E-state index in [9.17, 15) is 8.42 Å². The second kappa shape index (κ2) is 8.04. The summed E-state index contributed by atoms with van der Waals surface area (Å²) in [6.07, 6.45) is 2.81. The highest BCUT2D eigenvalue weighted by Crippen LogP contribution is 2.01. The molecule has 0 rings (SSSR count). The van der Waals surface area contributed by atoms with Crippen molar-refractivity contribution in [1.82, 2.24) is 4.72 Å². The number of methoxy groups -OCH3 is 1. The van der Waals surface area contributed by atoms with Crippen LogP contribution in [0.5, 0.6) is 0 Å². The van der Waals surface area contributed by atoms with Crippen LogP contribution in [0.15, 0.2) is 0 Å². The maximum absolute atomic E-state index is 11.5. The predicted molar refractivity (Wildman–Crippen MR) is 61.2 cm³/mol. The molecular weight excluding hydrogens is 216 g/mol. The van der Waals surface area contributed by atoms with Crippen LogP contribution in [-0.4, -0.2) is 40.5 Å². The highest BCUT2D eigenvalue weighted by molar-refractivity contribution is 7.89. The van der Waals surface area contributed by atoms with Gasteiger partial charge in [0.25, 0.3) is 0 Å². The van der Waals surface area contributed by atoms with Crippen molar-refractivity contribution in [3.8, 4) is 0 Å². The van der Waals surface area contributed by atoms with Crippen LogP contribution in [0.3, 0.4) is 0 Å². The molecule has 0 saturated heterocycles. The van der Waals surface area contributed by atoms with Crippen LogP contribution in [0.25, 0.3) is 0 Å². The monoisotopic (exact) mass is 238 g/mol. The zero-order valence-electron chi connectivity index (χ0n) is 9.53. The number of rotatable bonds is 9. The Morgan fingerprint density at radius 2 is 2.13 bits per heavy atom. The summed E-state index contributed by atoms with van der Waals surface area (Å²) in [5.41, 5.74) is 5.49. The molecular formula is C9H22N2O3S. The van der Waals surface area contributed by atoms with E-state index >= 15 is 0 Å². The van der Waals surface area contributed by atoms with Gasteiger partial charge in [-0.25, -0.2) is 13.1 Å². The Labute approximate surface area is 92.4 Å². The summed E-state index contributed by atoms with van der Waals surface area (Å²) in [5.74, 6) is -0.00781. The van der Waals surface area contributed by atoms with E-state index in [1.807, 2.05) is 0 Å². The van der Waals surface area contributed by atoms with Gasteiger partial charge in [-0.2, -0.15) is 0 Å². The van der Waals surface area contributed by atoms with Crippen LogP contribution in [0.2, 0.25) is 0 Å². The number of unbranched alkanes of at least 4 members (excludes halogenated alkanes) is 1. The number of hydrogen-bond acceptors (Lipinski definition) is 4. The molecule has 1 unspecified atom stereocenters. The van der Waals surface area contributed by atoms with Gasteiger partial charge in [-0.05, 0) is 6.42 Å². The van der Waals surface area contributed by atoms with Crippen LogP contribution in [0.1, 0.15) is 26.2 Å². The minimum Gasteiger partial charge on any atom is -0.384 e. The van der Waals surface area contributed by atoms with Crippen molar-refractivity contribution in [1.29, 1.82) is 0 Å². The summed E-state index contributed by atoms with van der Waals surface area (Å²) in [6.45, 7) is 2.61. The molecule has 0 bridgehead atoms. The van der Waals surface area contributed by atoms with Gasteiger partial charge in [-0.3, -0.25) is 0 Å². The minimum atomic E-state index is -3.24. The minimum absolute atomic E-state index is 0.00781. The van der Waals surface area contributed by atoms with E-state index in [-0.39, 0.29) is 18.4 Å². The third-order valence-corrected chi connectivity index (χ3v) is 3.49. The first-order chi connectivity index (χ1) is 7.05. The van der Waals surface area contributed by atoms with Crippen molar-refractivity contribution in [3.63, 3.8) is 0 Å². The lowest BCUT2D eigenvalue weighted by atomic mass is 10.1. The molecule has 1 atom stereocenters. The molecule has 15 heavy (non-hydrogen) atoms. The summed E-state index contributed by atoms with van der Waals surface area (Å²) in [5, 5.41) is 0. The van der Waals surface area contributed by atoms with Crippen LogP contribution >= 0.6 is 0 Å². The lowest BCUT2D eigenvalue weighted by Gasteiger charge is -2.16. The van der Waals surface area contributed by atoms with Gasteiger partial charge in [-0.15, -0.1) is 0 Å². The molecule has 0 radical (unpaired) electrons. The first-order valence-corrected chi connectivity index (χ1v) is 6.90. The maximum Gasteiger partial charge on any atom is 0.214 e. The van der Waals surface area contributed by atoms with Crippen molar-refractivity contribution in [2.24, 2.45) is 5.73 Å². The molecule has 0 aromatic carbocycles. The Kier molecular flexibility index (Phi) is 7.95. The Balaban J connectivity index is 4.03. The number of nitrogens with one attached hydrogen (secondary N) is 1. The topological polar surface area (TPSA) is 81.4 Å². The van der Waals surface area contributed by atoms with Gasteiger partial charge in [0, 0.05) is 19.7 Å². The van der Waals surface area contributed by atoms with Gasteiger partial charge < -0.3 is 10.5 Å². The fraction of sp³-hybridized carbons (Fsp3) is 1.00. The van der Waals surface area contributed by atoms with E-state index in [1.54, 1.807) is 0 Å². The van der Waals surface area contributed by atoms with Gasteiger partial charge in [0.2, 0.25) is 10.0 Å². The van der Waals surface area contributed by atoms with Crippen LogP contribution < -0.4 is 10.5 Å². The first kappa shape index (κ1) is 14.8. The van der Waals surface area contributed by atoms with Crippen LogP contribution in [-0.2, 0) is 14.8 Å². The third-order valence-electron chi connectivity index (χ3n) is 2.09. The molecule has 0 aromatic rings. The molecule has 0 amide bonds. The van der Waals surface area contributed by atoms with Gasteiger partial charge in [0.05, 0.1) is 12.4 Å². The number of nitrogens with two attached hydrogens (primary N) is 1. The summed E-state index contributed by atoms with van der Waals surface area (Å²) < 4.78 is 30.3. The van der Waals surface area contributed by atoms with Gasteiger partial charge >= 0.3 is 0 Å². The molecule has 3 N–H and O–H groups in total. The van der Waals surface area contributed by atoms with Crippen LogP contribution in [0, 0.1) is 0 Å². The van der Waals surface area contributed by atoms with E-state index in [0.29, 0.717) is 6.54 Å². The highest BCUT2D eigenvalue weighted by Gasteiger charge is 2.15. The summed E-state index contributed by atoms with van der Waals surface area (Å²) >= 11 is 0. The number of sulfonamides is 1. The smallest absolute Gasteiger partial charge is 0.214 e. The summed E-state index contributed by atoms with van der Waals surface area (Å²) in [7, 11) is -1.76. The number of ether oxygens (including phenoxy) is 1. The van der Waals surface area contributed by atoms with Crippen molar-refractivity contribution in [3.05, 3.63) is 0 Å². The average molecular weight is 238 g/mol. The Hall–Kier alpha value is -0.170. The van der Waals surface area contributed by atoms with Gasteiger partial charge in [-0.1, -0.05) is 19.8 Å². The predicted octanol–water partition coefficient (Wildman–Crippen LogP) is 0.0697. The van der Waals surface area contributed by atoms with E-state index in [1.165, 1.54) is 7.11 Å². The van der Waals surface area contributed by atoms with Crippen LogP contribution in [0.4, 0.5) is 0 Å². The SMILES string of the molecule is CCCCC(CN)NS(=O)(=O)CCOC. The third kappa shape index (κ3) is 7.72. The number of hydrogen-bond donors (Lipinski definition) is 2. The molecule has 0 spiro atoms. The van der Waals surface area contributed by atoms with Gasteiger partial charge in [0.15, 0.2) is 0 Å². The Bertz CT molecular complexity index is 242. The zero-order valence-corrected chi connectivity index (χ0v) is 10.3. The fourth-order valence-corrected chi connectivity index (χ4v) is 2.41. The first-order valence-electron chi connectivity index (χ1n) is 5.24. The zero-order chi connectivity index (χ0) is 11.7. The van der Waals surface area contributed by atoms with E-state index in [4.69, 9.17) is 10.5 Å². The molecule has 6 heteroatoms. The normalized spacial score (nSPS) is 14.1. The molecule has 0 aliphatic rings. The fourth-order valence-electron chi connectivity index (χ4n) is 1.18. The molecule has 0 fully saturated rings. The largest absolute Gasteiger partial charge is 0.384 e. The molecule has 0 heterocycles. The lowest BCUT2D eigenvalue weighted by molar-refractivity contribution is 0.216. The van der Waals surface area contributed by atoms with Crippen molar-refractivity contribution in [2.75, 3.05) is 26.0 Å². The van der Waals surface area contributed by atoms with Crippen molar-refractivity contribution >= 4 is 10.0 Å². The van der Waals surface area contributed by atoms with Gasteiger partial charge in [0.1, 0.15) is 0 Å². The Morgan fingerprint density at radius 3 is 2.60 bits per heavy atom. The van der Waals surface area contributed by atoms with E-state index in [0.717, 1.165) is 19.3 Å².